The summed E-state index contributed by atoms with van der Waals surface area (Å²) in [6.07, 6.45) is 1.45. The Balaban J connectivity index is 2.02. The van der Waals surface area contributed by atoms with Crippen LogP contribution < -0.4 is 0 Å². The summed E-state index contributed by atoms with van der Waals surface area (Å²) in [7, 11) is -3.24. The molecule has 0 saturated carbocycles. The normalized spacial score (nSPS) is 17.9. The van der Waals surface area contributed by atoms with E-state index in [4.69, 9.17) is 5.11 Å². The van der Waals surface area contributed by atoms with E-state index >= 15 is 0 Å². The van der Waals surface area contributed by atoms with Crippen molar-refractivity contribution in [1.29, 1.82) is 0 Å². The first-order chi connectivity index (χ1) is 10.8. The number of carboxylic acid groups (broad SMARTS) is 1. The van der Waals surface area contributed by atoms with Crippen LogP contribution in [0.5, 0.6) is 0 Å². The molecule has 1 unspecified atom stereocenters. The van der Waals surface area contributed by atoms with Gasteiger partial charge in [0.1, 0.15) is 11.7 Å². The number of amides is 1. The van der Waals surface area contributed by atoms with Gasteiger partial charge in [0.2, 0.25) is 10.0 Å². The molecule has 1 saturated heterocycles. The third-order valence-electron chi connectivity index (χ3n) is 3.87. The van der Waals surface area contributed by atoms with E-state index in [0.29, 0.717) is 13.1 Å². The van der Waals surface area contributed by atoms with Crippen LogP contribution in [0.25, 0.3) is 0 Å². The summed E-state index contributed by atoms with van der Waals surface area (Å²) in [5.41, 5.74) is 0.157. The van der Waals surface area contributed by atoms with Gasteiger partial charge in [-0.05, 0) is 19.9 Å². The molecule has 1 aromatic rings. The molecule has 0 aliphatic carbocycles. The lowest BCUT2D eigenvalue weighted by Gasteiger charge is -2.33. The highest BCUT2D eigenvalue weighted by Crippen LogP contribution is 2.12. The summed E-state index contributed by atoms with van der Waals surface area (Å²) in [6.45, 7) is 4.15. The molecule has 1 N–H and O–H groups in total. The molecule has 1 aliphatic rings. The van der Waals surface area contributed by atoms with Crippen LogP contribution in [0, 0.1) is 0 Å². The molecular weight excluding hydrogens is 324 g/mol. The Morgan fingerprint density at radius 2 is 1.91 bits per heavy atom. The van der Waals surface area contributed by atoms with E-state index in [1.807, 2.05) is 0 Å². The van der Waals surface area contributed by atoms with Crippen molar-refractivity contribution in [2.24, 2.45) is 0 Å². The van der Waals surface area contributed by atoms with Gasteiger partial charge in [-0.3, -0.25) is 9.48 Å². The Hall–Kier alpha value is -1.94. The first kappa shape index (κ1) is 17.4. The highest BCUT2D eigenvalue weighted by Gasteiger charge is 2.29. The smallest absolute Gasteiger partial charge is 0.328 e. The number of carboxylic acids is 1. The number of aliphatic carboxylic acids is 1. The fourth-order valence-electron chi connectivity index (χ4n) is 2.29. The molecule has 9 nitrogen and oxygen atoms in total. The summed E-state index contributed by atoms with van der Waals surface area (Å²) in [5.74, 6) is -1.32. The molecule has 1 aliphatic heterocycles. The molecule has 0 aromatic carbocycles. The van der Waals surface area contributed by atoms with Gasteiger partial charge in [-0.25, -0.2) is 13.2 Å². The summed E-state index contributed by atoms with van der Waals surface area (Å²) in [4.78, 5) is 24.8. The van der Waals surface area contributed by atoms with Crippen molar-refractivity contribution in [3.63, 3.8) is 0 Å². The summed E-state index contributed by atoms with van der Waals surface area (Å²) < 4.78 is 26.2. The minimum atomic E-state index is -3.24. The van der Waals surface area contributed by atoms with Gasteiger partial charge in [-0.1, -0.05) is 0 Å². The molecule has 2 heterocycles. The van der Waals surface area contributed by atoms with Gasteiger partial charge in [0.15, 0.2) is 0 Å². The highest BCUT2D eigenvalue weighted by molar-refractivity contribution is 7.89. The van der Waals surface area contributed by atoms with Crippen LogP contribution in [0.4, 0.5) is 0 Å². The maximum absolute atomic E-state index is 12.4. The zero-order chi connectivity index (χ0) is 17.2. The zero-order valence-corrected chi connectivity index (χ0v) is 13.9. The predicted molar refractivity (Wildman–Crippen MR) is 81.5 cm³/mol. The lowest BCUT2D eigenvalue weighted by molar-refractivity contribution is -0.140. The average molecular weight is 344 g/mol. The summed E-state index contributed by atoms with van der Waals surface area (Å²) >= 11 is 0. The molecule has 23 heavy (non-hydrogen) atoms. The minimum absolute atomic E-state index is 0.0401. The second-order valence-corrected chi connectivity index (χ2v) is 7.54. The van der Waals surface area contributed by atoms with E-state index in [1.165, 1.54) is 33.1 Å². The molecule has 1 atom stereocenters. The average Bonchev–Trinajstić information content (AvgIpc) is 3.03. The van der Waals surface area contributed by atoms with Crippen LogP contribution in [0.2, 0.25) is 0 Å². The zero-order valence-electron chi connectivity index (χ0n) is 13.0. The van der Waals surface area contributed by atoms with Crippen LogP contribution in [0.1, 0.15) is 30.4 Å². The van der Waals surface area contributed by atoms with Gasteiger partial charge >= 0.3 is 5.97 Å². The standard InChI is InChI=1S/C13H20N4O5S/c1-3-23(21,22)16-8-6-15(7-9-16)12(18)11-4-5-17(14-11)10(2)13(19)20/h4-5,10H,3,6-9H2,1-2H3,(H,19,20). The number of nitrogens with zero attached hydrogens (tertiary/aromatic N) is 4. The molecular formula is C13H20N4O5S. The number of carbonyl (C=O) groups is 2. The third kappa shape index (κ3) is 3.70. The summed E-state index contributed by atoms with van der Waals surface area (Å²) in [6, 6.07) is 0.611. The largest absolute Gasteiger partial charge is 0.480 e. The number of piperazine rings is 1. The van der Waals surface area contributed by atoms with E-state index in [1.54, 1.807) is 6.92 Å². The van der Waals surface area contributed by atoms with Crippen molar-refractivity contribution >= 4 is 21.9 Å². The highest BCUT2D eigenvalue weighted by atomic mass is 32.2. The van der Waals surface area contributed by atoms with Crippen molar-refractivity contribution in [1.82, 2.24) is 19.0 Å². The number of hydrogen-bond donors (Lipinski definition) is 1. The second kappa shape index (κ2) is 6.67. The van der Waals surface area contributed by atoms with Gasteiger partial charge in [0.05, 0.1) is 5.75 Å². The van der Waals surface area contributed by atoms with Crippen LogP contribution >= 0.6 is 0 Å². The molecule has 1 amide bonds. The fraction of sp³-hybridized carbons (Fsp3) is 0.615. The van der Waals surface area contributed by atoms with E-state index in [-0.39, 0.29) is 30.4 Å². The minimum Gasteiger partial charge on any atom is -0.480 e. The van der Waals surface area contributed by atoms with E-state index in [9.17, 15) is 18.0 Å². The van der Waals surface area contributed by atoms with E-state index < -0.39 is 22.0 Å². The molecule has 1 aromatic heterocycles. The van der Waals surface area contributed by atoms with E-state index in [2.05, 4.69) is 5.10 Å². The first-order valence-corrected chi connectivity index (χ1v) is 8.92. The van der Waals surface area contributed by atoms with Crippen molar-refractivity contribution in [3.8, 4) is 0 Å². The van der Waals surface area contributed by atoms with Crippen molar-refractivity contribution in [2.45, 2.75) is 19.9 Å². The number of aromatic nitrogens is 2. The molecule has 0 bridgehead atoms. The number of rotatable bonds is 5. The number of hydrogen-bond acceptors (Lipinski definition) is 5. The second-order valence-electron chi connectivity index (χ2n) is 5.29. The van der Waals surface area contributed by atoms with Gasteiger partial charge in [0.25, 0.3) is 5.91 Å². The van der Waals surface area contributed by atoms with Gasteiger partial charge < -0.3 is 10.0 Å². The van der Waals surface area contributed by atoms with Crippen molar-refractivity contribution in [2.75, 3.05) is 31.9 Å². The molecule has 0 radical (unpaired) electrons. The van der Waals surface area contributed by atoms with Gasteiger partial charge in [-0.2, -0.15) is 9.40 Å². The first-order valence-electron chi connectivity index (χ1n) is 7.31. The molecule has 10 heteroatoms. The fourth-order valence-corrected chi connectivity index (χ4v) is 3.38. The molecule has 2 rings (SSSR count). The number of sulfonamides is 1. The monoisotopic (exact) mass is 344 g/mol. The lowest BCUT2D eigenvalue weighted by Crippen LogP contribution is -2.51. The van der Waals surface area contributed by atoms with Crippen LogP contribution in [0.15, 0.2) is 12.3 Å². The molecule has 128 valence electrons. The van der Waals surface area contributed by atoms with Crippen LogP contribution in [0.3, 0.4) is 0 Å². The SMILES string of the molecule is CCS(=O)(=O)N1CCN(C(=O)c2ccn(C(C)C(=O)O)n2)CC1. The maximum Gasteiger partial charge on any atom is 0.328 e. The summed E-state index contributed by atoms with van der Waals surface area (Å²) in [5, 5.41) is 12.9. The lowest BCUT2D eigenvalue weighted by atomic mass is 10.3. The van der Waals surface area contributed by atoms with Crippen LogP contribution in [-0.4, -0.2) is 76.3 Å². The quantitative estimate of drug-likeness (QED) is 0.780. The Kier molecular flexibility index (Phi) is 5.05. The van der Waals surface area contributed by atoms with Crippen molar-refractivity contribution in [3.05, 3.63) is 18.0 Å². The van der Waals surface area contributed by atoms with Gasteiger partial charge in [0, 0.05) is 32.4 Å². The molecule has 1 fully saturated rings. The third-order valence-corrected chi connectivity index (χ3v) is 5.75. The molecule has 0 spiro atoms. The van der Waals surface area contributed by atoms with E-state index in [0.717, 1.165) is 0 Å². The Labute approximate surface area is 134 Å². The Morgan fingerprint density at radius 3 is 2.43 bits per heavy atom. The maximum atomic E-state index is 12.4. The van der Waals surface area contributed by atoms with Crippen molar-refractivity contribution < 1.29 is 23.1 Å². The Bertz CT molecular complexity index is 691. The van der Waals surface area contributed by atoms with Gasteiger partial charge in [-0.15, -0.1) is 0 Å². The number of carbonyl (C=O) groups excluding carboxylic acids is 1. The Morgan fingerprint density at radius 1 is 1.30 bits per heavy atom. The topological polar surface area (TPSA) is 113 Å². The predicted octanol–water partition coefficient (Wildman–Crippen LogP) is -0.364. The van der Waals surface area contributed by atoms with Crippen LogP contribution in [-0.2, 0) is 14.8 Å².